The fourth-order valence-electron chi connectivity index (χ4n) is 4.56. The van der Waals surface area contributed by atoms with Crippen LogP contribution in [0.2, 0.25) is 0 Å². The molecule has 208 valence electrons. The molecular weight excluding hydrogens is 606 g/mol. The van der Waals surface area contributed by atoms with Crippen LogP contribution in [0.25, 0.3) is 6.08 Å². The molecule has 8 nitrogen and oxygen atoms in total. The van der Waals surface area contributed by atoms with E-state index >= 15 is 0 Å². The van der Waals surface area contributed by atoms with E-state index in [2.05, 4.69) is 32.8 Å². The molecule has 1 aromatic heterocycles. The predicted molar refractivity (Wildman–Crippen MR) is 163 cm³/mol. The second-order valence-corrected chi connectivity index (χ2v) is 11.0. The van der Waals surface area contributed by atoms with Crippen molar-refractivity contribution in [2.45, 2.75) is 13.0 Å². The molecule has 0 spiro atoms. The lowest BCUT2D eigenvalue weighted by Gasteiger charge is -2.25. The minimum absolute atomic E-state index is 0.0543. The molecule has 2 heterocycles. The summed E-state index contributed by atoms with van der Waals surface area (Å²) in [5, 5.41) is 13.2. The third kappa shape index (κ3) is 5.75. The van der Waals surface area contributed by atoms with E-state index in [0.717, 1.165) is 4.47 Å². The number of anilines is 1. The van der Waals surface area contributed by atoms with E-state index in [9.17, 15) is 14.7 Å². The molecule has 41 heavy (non-hydrogen) atoms. The number of benzene rings is 3. The zero-order valence-electron chi connectivity index (χ0n) is 22.3. The maximum Gasteiger partial charge on any atom is 0.271 e. The third-order valence-corrected chi connectivity index (χ3v) is 7.91. The number of aromatic nitrogens is 1. The molecule has 5 rings (SSSR count). The number of amides is 1. The first-order valence-electron chi connectivity index (χ1n) is 12.6. The molecule has 1 atom stereocenters. The maximum absolute atomic E-state index is 14.0. The summed E-state index contributed by atoms with van der Waals surface area (Å²) in [4.78, 5) is 32.9. The molecule has 0 radical (unpaired) electrons. The van der Waals surface area contributed by atoms with E-state index in [4.69, 9.17) is 9.47 Å². The molecule has 0 unspecified atom stereocenters. The van der Waals surface area contributed by atoms with E-state index in [1.165, 1.54) is 29.1 Å². The van der Waals surface area contributed by atoms with E-state index < -0.39 is 11.9 Å². The quantitative estimate of drug-likeness (QED) is 0.269. The van der Waals surface area contributed by atoms with Crippen LogP contribution in [0.1, 0.15) is 24.1 Å². The number of ether oxygens (including phenoxy) is 2. The van der Waals surface area contributed by atoms with Gasteiger partial charge in [0.1, 0.15) is 12.4 Å². The van der Waals surface area contributed by atoms with Crippen molar-refractivity contribution in [1.29, 1.82) is 0 Å². The van der Waals surface area contributed by atoms with Crippen molar-refractivity contribution in [3.05, 3.63) is 126 Å². The molecule has 4 aromatic rings. The fourth-order valence-corrected chi connectivity index (χ4v) is 5.98. The minimum Gasteiger partial charge on any atom is -0.504 e. The number of thiazole rings is 1. The molecule has 10 heteroatoms. The smallest absolute Gasteiger partial charge is 0.271 e. The predicted octanol–water partition coefficient (Wildman–Crippen LogP) is 4.92. The number of methoxy groups -OCH3 is 1. The van der Waals surface area contributed by atoms with Gasteiger partial charge in [0.2, 0.25) is 0 Å². The van der Waals surface area contributed by atoms with Crippen LogP contribution in [0, 0.1) is 0 Å². The number of fused-ring (bicyclic) bond motifs is 1. The molecule has 0 bridgehead atoms. The van der Waals surface area contributed by atoms with Crippen molar-refractivity contribution in [2.24, 2.45) is 4.99 Å². The Hall–Kier alpha value is -4.41. The molecule has 3 aromatic carbocycles. The summed E-state index contributed by atoms with van der Waals surface area (Å²) in [6.07, 6.45) is 3.40. The first-order chi connectivity index (χ1) is 19.8. The van der Waals surface area contributed by atoms with Crippen LogP contribution >= 0.6 is 27.3 Å². The Labute approximate surface area is 248 Å². The Morgan fingerprint density at radius 3 is 2.68 bits per heavy atom. The van der Waals surface area contributed by atoms with Crippen molar-refractivity contribution in [3.8, 4) is 17.2 Å². The molecule has 0 saturated heterocycles. The van der Waals surface area contributed by atoms with Gasteiger partial charge < -0.3 is 19.9 Å². The molecule has 0 fully saturated rings. The Balaban J connectivity index is 1.70. The van der Waals surface area contributed by atoms with Crippen molar-refractivity contribution in [2.75, 3.05) is 19.0 Å². The Bertz CT molecular complexity index is 1860. The number of aromatic hydroxyl groups is 1. The van der Waals surface area contributed by atoms with Gasteiger partial charge in [-0.1, -0.05) is 64.2 Å². The normalized spacial score (nSPS) is 14.7. The van der Waals surface area contributed by atoms with Gasteiger partial charge in [0.05, 0.1) is 29.0 Å². The fraction of sp³-hybridized carbons (Fsp3) is 0.129. The third-order valence-electron chi connectivity index (χ3n) is 6.43. The van der Waals surface area contributed by atoms with Gasteiger partial charge in [0, 0.05) is 15.7 Å². The highest BCUT2D eigenvalue weighted by molar-refractivity contribution is 9.10. The molecule has 1 aliphatic heterocycles. The van der Waals surface area contributed by atoms with E-state index in [1.54, 1.807) is 43.3 Å². The van der Waals surface area contributed by atoms with Gasteiger partial charge in [-0.05, 0) is 61.0 Å². The summed E-state index contributed by atoms with van der Waals surface area (Å²) < 4.78 is 13.9. The lowest BCUT2D eigenvalue weighted by atomic mass is 9.94. The lowest BCUT2D eigenvalue weighted by molar-refractivity contribution is -0.113. The van der Waals surface area contributed by atoms with Gasteiger partial charge in [0.25, 0.3) is 11.5 Å². The Kier molecular flexibility index (Phi) is 8.23. The van der Waals surface area contributed by atoms with Gasteiger partial charge in [-0.25, -0.2) is 4.99 Å². The zero-order chi connectivity index (χ0) is 29.1. The molecule has 0 saturated carbocycles. The summed E-state index contributed by atoms with van der Waals surface area (Å²) in [6, 6.07) is 18.6. The topological polar surface area (TPSA) is 102 Å². The maximum atomic E-state index is 14.0. The van der Waals surface area contributed by atoms with E-state index in [-0.39, 0.29) is 17.1 Å². The van der Waals surface area contributed by atoms with Crippen LogP contribution in [0.3, 0.4) is 0 Å². The highest BCUT2D eigenvalue weighted by Gasteiger charge is 2.33. The monoisotopic (exact) mass is 631 g/mol. The molecule has 1 amide bonds. The zero-order valence-corrected chi connectivity index (χ0v) is 24.7. The van der Waals surface area contributed by atoms with E-state index in [1.807, 2.05) is 36.4 Å². The van der Waals surface area contributed by atoms with Gasteiger partial charge in [-0.2, -0.15) is 0 Å². The van der Waals surface area contributed by atoms with Gasteiger partial charge in [-0.15, -0.1) is 0 Å². The van der Waals surface area contributed by atoms with E-state index in [0.29, 0.717) is 49.8 Å². The number of nitrogens with one attached hydrogen (secondary N) is 1. The number of carbonyl (C=O) groups is 1. The number of rotatable bonds is 8. The molecular formula is C31H26BrN3O5S. The minimum atomic E-state index is -0.828. The Morgan fingerprint density at radius 1 is 1.17 bits per heavy atom. The highest BCUT2D eigenvalue weighted by atomic mass is 79.9. The van der Waals surface area contributed by atoms with Gasteiger partial charge in [-0.3, -0.25) is 14.2 Å². The second kappa shape index (κ2) is 12.0. The van der Waals surface area contributed by atoms with Crippen LogP contribution in [-0.2, 0) is 4.79 Å². The molecule has 2 N–H and O–H groups in total. The average Bonchev–Trinajstić information content (AvgIpc) is 3.26. The standard InChI is InChI=1S/C31H26BrN3O5S/c1-4-14-40-24-13-11-21(32)15-20(24)17-26-30(38)35-28(19-10-12-23(36)25(16-19)39-3)27(18(2)33-31(35)41-26)29(37)34-22-8-6-5-7-9-22/h4-13,15-17,28,36H,1,14H2,2-3H3,(H,34,37)/b26-17-/t28-/m1/s1. The van der Waals surface area contributed by atoms with Crippen molar-refractivity contribution in [1.82, 2.24) is 4.57 Å². The number of phenolic OH excluding ortho intramolecular Hbond substituents is 1. The largest absolute Gasteiger partial charge is 0.504 e. The summed E-state index contributed by atoms with van der Waals surface area (Å²) >= 11 is 4.71. The SMILES string of the molecule is C=CCOc1ccc(Br)cc1/C=c1\sc2n(c1=O)[C@H](c1ccc(O)c(OC)c1)C(C(=O)Nc1ccccc1)=C(C)N=2. The lowest BCUT2D eigenvalue weighted by Crippen LogP contribution is -2.40. The van der Waals surface area contributed by atoms with Crippen LogP contribution < -0.4 is 29.7 Å². The average molecular weight is 633 g/mol. The van der Waals surface area contributed by atoms with Crippen LogP contribution in [0.15, 0.2) is 105 Å². The number of allylic oxidation sites excluding steroid dienone is 1. The van der Waals surface area contributed by atoms with Crippen LogP contribution in [0.5, 0.6) is 17.2 Å². The number of carbonyl (C=O) groups excluding carboxylic acids is 1. The van der Waals surface area contributed by atoms with Crippen LogP contribution in [0.4, 0.5) is 5.69 Å². The van der Waals surface area contributed by atoms with Crippen molar-refractivity contribution >= 4 is 44.9 Å². The summed E-state index contributed by atoms with van der Waals surface area (Å²) in [7, 11) is 1.44. The highest BCUT2D eigenvalue weighted by Crippen LogP contribution is 2.35. The summed E-state index contributed by atoms with van der Waals surface area (Å²) in [5.74, 6) is 0.371. The second-order valence-electron chi connectivity index (χ2n) is 9.12. The first kappa shape index (κ1) is 28.1. The first-order valence-corrected chi connectivity index (χ1v) is 14.2. The molecule has 1 aliphatic rings. The van der Waals surface area contributed by atoms with Crippen LogP contribution in [-0.4, -0.2) is 29.3 Å². The summed E-state index contributed by atoms with van der Waals surface area (Å²) in [6.45, 7) is 5.76. The Morgan fingerprint density at radius 2 is 1.95 bits per heavy atom. The number of hydrogen-bond donors (Lipinski definition) is 2. The molecule has 0 aliphatic carbocycles. The van der Waals surface area contributed by atoms with Crippen molar-refractivity contribution < 1.29 is 19.4 Å². The number of phenols is 1. The number of hydrogen-bond acceptors (Lipinski definition) is 7. The van der Waals surface area contributed by atoms with Gasteiger partial charge >= 0.3 is 0 Å². The number of para-hydroxylation sites is 1. The number of halogens is 1. The van der Waals surface area contributed by atoms with Gasteiger partial charge in [0.15, 0.2) is 16.3 Å². The number of nitrogens with zero attached hydrogens (tertiary/aromatic N) is 2. The summed E-state index contributed by atoms with van der Waals surface area (Å²) in [5.41, 5.74) is 2.35. The van der Waals surface area contributed by atoms with Crippen molar-refractivity contribution in [3.63, 3.8) is 0 Å².